The molecule has 6 nitrogen and oxygen atoms in total. The lowest BCUT2D eigenvalue weighted by atomic mass is 10.1. The SMILES string of the molecule is CC(=O)OCCCCCCCn1ccc2cc([N+](=O)[O-])ccc21. The predicted octanol–water partition coefficient (Wildman–Crippen LogP) is 4.06. The lowest BCUT2D eigenvalue weighted by Gasteiger charge is -2.06. The van der Waals surface area contributed by atoms with Crippen molar-refractivity contribution in [3.8, 4) is 0 Å². The highest BCUT2D eigenvalue weighted by Gasteiger charge is 2.08. The van der Waals surface area contributed by atoms with Crippen LogP contribution in [0.15, 0.2) is 30.5 Å². The number of hydrogen-bond acceptors (Lipinski definition) is 4. The van der Waals surface area contributed by atoms with Crippen LogP contribution in [0, 0.1) is 10.1 Å². The van der Waals surface area contributed by atoms with Crippen molar-refractivity contribution in [2.45, 2.75) is 45.6 Å². The number of nitrogens with zero attached hydrogens (tertiary/aromatic N) is 2. The summed E-state index contributed by atoms with van der Waals surface area (Å²) in [5, 5.41) is 11.7. The zero-order valence-electron chi connectivity index (χ0n) is 13.4. The number of unbranched alkanes of at least 4 members (excludes halogenated alkanes) is 4. The number of ether oxygens (including phenoxy) is 1. The van der Waals surface area contributed by atoms with Crippen molar-refractivity contribution in [1.82, 2.24) is 4.57 Å². The Kier molecular flexibility index (Phi) is 6.14. The summed E-state index contributed by atoms with van der Waals surface area (Å²) < 4.78 is 7.03. The highest BCUT2D eigenvalue weighted by Crippen LogP contribution is 2.22. The zero-order valence-corrected chi connectivity index (χ0v) is 13.4. The summed E-state index contributed by atoms with van der Waals surface area (Å²) in [6, 6.07) is 6.89. The minimum absolute atomic E-state index is 0.128. The van der Waals surface area contributed by atoms with Gasteiger partial charge in [0.25, 0.3) is 5.69 Å². The molecule has 124 valence electrons. The van der Waals surface area contributed by atoms with Crippen LogP contribution < -0.4 is 0 Å². The fraction of sp³-hybridized carbons (Fsp3) is 0.471. The fourth-order valence-corrected chi connectivity index (χ4v) is 2.63. The van der Waals surface area contributed by atoms with Gasteiger partial charge in [-0.15, -0.1) is 0 Å². The maximum atomic E-state index is 10.8. The summed E-state index contributed by atoms with van der Waals surface area (Å²) in [7, 11) is 0. The number of benzene rings is 1. The van der Waals surface area contributed by atoms with Crippen molar-refractivity contribution < 1.29 is 14.5 Å². The monoisotopic (exact) mass is 318 g/mol. The van der Waals surface area contributed by atoms with E-state index in [2.05, 4.69) is 4.57 Å². The van der Waals surface area contributed by atoms with Crippen LogP contribution in [0.5, 0.6) is 0 Å². The van der Waals surface area contributed by atoms with Gasteiger partial charge in [-0.3, -0.25) is 14.9 Å². The Bertz CT molecular complexity index is 678. The van der Waals surface area contributed by atoms with E-state index in [9.17, 15) is 14.9 Å². The zero-order chi connectivity index (χ0) is 16.7. The molecule has 1 aromatic heterocycles. The highest BCUT2D eigenvalue weighted by atomic mass is 16.6. The van der Waals surface area contributed by atoms with E-state index in [-0.39, 0.29) is 16.6 Å². The Hall–Kier alpha value is -2.37. The number of nitro benzene ring substituents is 1. The topological polar surface area (TPSA) is 74.4 Å². The third kappa shape index (κ3) is 5.09. The van der Waals surface area contributed by atoms with Gasteiger partial charge in [0.2, 0.25) is 0 Å². The summed E-state index contributed by atoms with van der Waals surface area (Å²) in [6.07, 6.45) is 7.25. The molecule has 1 aromatic carbocycles. The number of aromatic nitrogens is 1. The first-order valence-corrected chi connectivity index (χ1v) is 7.94. The third-order valence-electron chi connectivity index (χ3n) is 3.81. The van der Waals surface area contributed by atoms with Crippen molar-refractivity contribution >= 4 is 22.6 Å². The van der Waals surface area contributed by atoms with Crippen LogP contribution in [0.3, 0.4) is 0 Å². The highest BCUT2D eigenvalue weighted by molar-refractivity contribution is 5.82. The summed E-state index contributed by atoms with van der Waals surface area (Å²) in [4.78, 5) is 21.0. The molecule has 6 heteroatoms. The van der Waals surface area contributed by atoms with Gasteiger partial charge in [-0.2, -0.15) is 0 Å². The Morgan fingerprint density at radius 3 is 2.65 bits per heavy atom. The van der Waals surface area contributed by atoms with Crippen LogP contribution in [0.25, 0.3) is 10.9 Å². The second-order valence-corrected chi connectivity index (χ2v) is 5.62. The normalized spacial score (nSPS) is 10.8. The molecule has 0 atom stereocenters. The standard InChI is InChI=1S/C17H22N2O4/c1-14(20)23-12-6-4-2-3-5-10-18-11-9-15-13-16(19(21)22)7-8-17(15)18/h7-9,11,13H,2-6,10,12H2,1H3. The third-order valence-corrected chi connectivity index (χ3v) is 3.81. The minimum atomic E-state index is -0.368. The van der Waals surface area contributed by atoms with E-state index < -0.39 is 0 Å². The van der Waals surface area contributed by atoms with E-state index in [1.165, 1.54) is 6.92 Å². The van der Waals surface area contributed by atoms with Crippen molar-refractivity contribution in [1.29, 1.82) is 0 Å². The number of non-ortho nitro benzene ring substituents is 1. The molecular weight excluding hydrogens is 296 g/mol. The Labute approximate surface area is 135 Å². The van der Waals surface area contributed by atoms with Crippen molar-refractivity contribution in [2.24, 2.45) is 0 Å². The fourth-order valence-electron chi connectivity index (χ4n) is 2.63. The molecule has 0 saturated heterocycles. The first-order valence-electron chi connectivity index (χ1n) is 7.94. The number of carbonyl (C=O) groups excluding carboxylic acids is 1. The molecule has 0 N–H and O–H groups in total. The molecule has 0 aliphatic rings. The molecule has 0 unspecified atom stereocenters. The average Bonchev–Trinajstić information content (AvgIpc) is 2.92. The van der Waals surface area contributed by atoms with Gasteiger partial charge in [-0.05, 0) is 25.0 Å². The molecule has 23 heavy (non-hydrogen) atoms. The molecule has 0 bridgehead atoms. The summed E-state index contributed by atoms with van der Waals surface area (Å²) in [5.41, 5.74) is 1.16. The van der Waals surface area contributed by atoms with Gasteiger partial charge < -0.3 is 9.30 Å². The summed E-state index contributed by atoms with van der Waals surface area (Å²) in [5.74, 6) is -0.218. The summed E-state index contributed by atoms with van der Waals surface area (Å²) >= 11 is 0. The molecule has 2 aromatic rings. The van der Waals surface area contributed by atoms with E-state index in [4.69, 9.17) is 4.74 Å². The second kappa shape index (κ2) is 8.31. The van der Waals surface area contributed by atoms with Gasteiger partial charge in [0.15, 0.2) is 0 Å². The van der Waals surface area contributed by atoms with Crippen LogP contribution in [0.2, 0.25) is 0 Å². The lowest BCUT2D eigenvalue weighted by molar-refractivity contribution is -0.384. The van der Waals surface area contributed by atoms with E-state index in [1.807, 2.05) is 18.3 Å². The van der Waals surface area contributed by atoms with Gasteiger partial charge in [0, 0.05) is 42.7 Å². The first kappa shape index (κ1) is 17.0. The summed E-state index contributed by atoms with van der Waals surface area (Å²) in [6.45, 7) is 2.84. The number of aryl methyl sites for hydroxylation is 1. The van der Waals surface area contributed by atoms with Crippen molar-refractivity contribution in [3.05, 3.63) is 40.6 Å². The largest absolute Gasteiger partial charge is 0.466 e. The minimum Gasteiger partial charge on any atom is -0.466 e. The number of nitro groups is 1. The molecule has 0 aliphatic carbocycles. The smallest absolute Gasteiger partial charge is 0.302 e. The number of carbonyl (C=O) groups is 1. The quantitative estimate of drug-likeness (QED) is 0.302. The molecular formula is C17H22N2O4. The molecule has 0 fully saturated rings. The second-order valence-electron chi connectivity index (χ2n) is 5.62. The molecule has 1 heterocycles. The molecule has 0 saturated carbocycles. The first-order chi connectivity index (χ1) is 11.1. The van der Waals surface area contributed by atoms with Gasteiger partial charge in [0.1, 0.15) is 0 Å². The molecule has 0 radical (unpaired) electrons. The molecule has 0 amide bonds. The van der Waals surface area contributed by atoms with Gasteiger partial charge >= 0.3 is 5.97 Å². The van der Waals surface area contributed by atoms with Crippen LogP contribution >= 0.6 is 0 Å². The number of fused-ring (bicyclic) bond motifs is 1. The number of hydrogen-bond donors (Lipinski definition) is 0. The number of esters is 1. The van der Waals surface area contributed by atoms with E-state index in [1.54, 1.807) is 12.1 Å². The van der Waals surface area contributed by atoms with E-state index in [0.717, 1.165) is 49.6 Å². The molecule has 0 aliphatic heterocycles. The van der Waals surface area contributed by atoms with Gasteiger partial charge in [0.05, 0.1) is 11.5 Å². The van der Waals surface area contributed by atoms with Crippen molar-refractivity contribution in [3.63, 3.8) is 0 Å². The Morgan fingerprint density at radius 1 is 1.17 bits per heavy atom. The van der Waals surface area contributed by atoms with Crippen molar-refractivity contribution in [2.75, 3.05) is 6.61 Å². The van der Waals surface area contributed by atoms with Gasteiger partial charge in [-0.25, -0.2) is 0 Å². The Balaban J connectivity index is 1.73. The molecule has 2 rings (SSSR count). The number of rotatable bonds is 9. The van der Waals surface area contributed by atoms with Crippen LogP contribution in [-0.2, 0) is 16.1 Å². The maximum Gasteiger partial charge on any atom is 0.302 e. The van der Waals surface area contributed by atoms with E-state index >= 15 is 0 Å². The maximum absolute atomic E-state index is 10.8. The lowest BCUT2D eigenvalue weighted by Crippen LogP contribution is -2.00. The molecule has 0 spiro atoms. The van der Waals surface area contributed by atoms with Crippen LogP contribution in [-0.4, -0.2) is 22.1 Å². The predicted molar refractivity (Wildman–Crippen MR) is 88.3 cm³/mol. The van der Waals surface area contributed by atoms with E-state index in [0.29, 0.717) is 6.61 Å². The Morgan fingerprint density at radius 2 is 1.91 bits per heavy atom. The average molecular weight is 318 g/mol. The van der Waals surface area contributed by atoms with Crippen LogP contribution in [0.1, 0.15) is 39.0 Å². The van der Waals surface area contributed by atoms with Gasteiger partial charge in [-0.1, -0.05) is 19.3 Å². The van der Waals surface area contributed by atoms with Crippen LogP contribution in [0.4, 0.5) is 5.69 Å².